The lowest BCUT2D eigenvalue weighted by Gasteiger charge is -2.23. The zero-order valence-corrected chi connectivity index (χ0v) is 17.9. The molecular weight excluding hydrogens is 407 g/mol. The Morgan fingerprint density at radius 3 is 2.53 bits per heavy atom. The Hall–Kier alpha value is -4.00. The van der Waals surface area contributed by atoms with Crippen LogP contribution in [-0.4, -0.2) is 20.9 Å². The van der Waals surface area contributed by atoms with Crippen LogP contribution in [0.4, 0.5) is 14.9 Å². The van der Waals surface area contributed by atoms with Gasteiger partial charge in [-0.15, -0.1) is 0 Å². The molecule has 0 atom stereocenters. The summed E-state index contributed by atoms with van der Waals surface area (Å²) in [6.07, 6.45) is 3.33. The summed E-state index contributed by atoms with van der Waals surface area (Å²) < 4.78 is 13.2. The highest BCUT2D eigenvalue weighted by Gasteiger charge is 2.17. The minimum Gasteiger partial charge on any atom is -0.322 e. The number of aromatic amines is 1. The van der Waals surface area contributed by atoms with Gasteiger partial charge in [0, 0.05) is 35.7 Å². The van der Waals surface area contributed by atoms with Crippen LogP contribution in [0.25, 0.3) is 10.9 Å². The van der Waals surface area contributed by atoms with Crippen LogP contribution in [0.2, 0.25) is 0 Å². The van der Waals surface area contributed by atoms with E-state index in [4.69, 9.17) is 0 Å². The second-order valence-electron chi connectivity index (χ2n) is 7.80. The van der Waals surface area contributed by atoms with Crippen LogP contribution in [0.15, 0.2) is 71.8 Å². The van der Waals surface area contributed by atoms with Gasteiger partial charge in [0.25, 0.3) is 5.56 Å². The highest BCUT2D eigenvalue weighted by atomic mass is 19.1. The largest absolute Gasteiger partial charge is 0.322 e. The molecule has 0 aliphatic heterocycles. The summed E-state index contributed by atoms with van der Waals surface area (Å²) >= 11 is 0. The lowest BCUT2D eigenvalue weighted by molar-refractivity contribution is 0.206. The minimum atomic E-state index is -0.403. The van der Waals surface area contributed by atoms with E-state index in [2.05, 4.69) is 15.3 Å². The van der Waals surface area contributed by atoms with Crippen molar-refractivity contribution in [2.24, 2.45) is 0 Å². The van der Waals surface area contributed by atoms with Crippen LogP contribution in [0.3, 0.4) is 0 Å². The van der Waals surface area contributed by atoms with E-state index in [0.717, 1.165) is 27.6 Å². The third-order valence-electron chi connectivity index (χ3n) is 5.38. The number of aromatic nitrogens is 2. The first-order valence-electron chi connectivity index (χ1n) is 10.2. The molecule has 0 radical (unpaired) electrons. The van der Waals surface area contributed by atoms with Crippen molar-refractivity contribution in [3.8, 4) is 0 Å². The molecule has 0 fully saturated rings. The molecule has 4 aromatic rings. The van der Waals surface area contributed by atoms with Gasteiger partial charge in [-0.05, 0) is 84.5 Å². The highest BCUT2D eigenvalue weighted by Crippen LogP contribution is 2.19. The third-order valence-corrected chi connectivity index (χ3v) is 5.38. The Labute approximate surface area is 184 Å². The second kappa shape index (κ2) is 9.01. The molecule has 0 aliphatic rings. The van der Waals surface area contributed by atoms with Crippen LogP contribution in [0.5, 0.6) is 0 Å². The molecule has 2 aromatic carbocycles. The number of hydrogen-bond donors (Lipinski definition) is 2. The van der Waals surface area contributed by atoms with Gasteiger partial charge in [0.2, 0.25) is 0 Å². The van der Waals surface area contributed by atoms with E-state index in [1.807, 2.05) is 38.1 Å². The Kier molecular flexibility index (Phi) is 5.98. The van der Waals surface area contributed by atoms with Crippen molar-refractivity contribution < 1.29 is 9.18 Å². The number of H-pyrrole nitrogens is 1. The van der Waals surface area contributed by atoms with Crippen LogP contribution in [0.1, 0.15) is 22.3 Å². The lowest BCUT2D eigenvalue weighted by Crippen LogP contribution is -2.35. The molecule has 0 bridgehead atoms. The summed E-state index contributed by atoms with van der Waals surface area (Å²) in [7, 11) is 0. The molecule has 0 saturated carbocycles. The Morgan fingerprint density at radius 2 is 1.81 bits per heavy atom. The average molecular weight is 430 g/mol. The van der Waals surface area contributed by atoms with Crippen molar-refractivity contribution in [2.45, 2.75) is 26.9 Å². The van der Waals surface area contributed by atoms with Gasteiger partial charge in [-0.1, -0.05) is 6.07 Å². The van der Waals surface area contributed by atoms with Crippen molar-refractivity contribution in [1.82, 2.24) is 14.9 Å². The van der Waals surface area contributed by atoms with E-state index < -0.39 is 6.03 Å². The maximum absolute atomic E-state index is 13.2. The Morgan fingerprint density at radius 1 is 1.06 bits per heavy atom. The van der Waals surface area contributed by atoms with Crippen LogP contribution >= 0.6 is 0 Å². The first-order chi connectivity index (χ1) is 15.4. The smallest absolute Gasteiger partial charge is 0.322 e. The summed E-state index contributed by atoms with van der Waals surface area (Å²) in [6.45, 7) is 4.37. The van der Waals surface area contributed by atoms with Crippen LogP contribution < -0.4 is 10.9 Å². The number of benzene rings is 2. The van der Waals surface area contributed by atoms with Crippen LogP contribution in [0, 0.1) is 19.7 Å². The van der Waals surface area contributed by atoms with Crippen molar-refractivity contribution in [3.05, 3.63) is 105 Å². The topological polar surface area (TPSA) is 78.1 Å². The molecule has 0 aliphatic carbocycles. The normalized spacial score (nSPS) is 10.8. The summed E-state index contributed by atoms with van der Waals surface area (Å²) in [5.74, 6) is -0.386. The molecule has 162 valence electrons. The fraction of sp³-hybridized carbons (Fsp3) is 0.160. The number of amides is 2. The average Bonchev–Trinajstić information content (AvgIpc) is 2.77. The van der Waals surface area contributed by atoms with Gasteiger partial charge in [0.05, 0.1) is 6.54 Å². The minimum absolute atomic E-state index is 0.0973. The summed E-state index contributed by atoms with van der Waals surface area (Å²) in [4.78, 5) is 34.4. The molecule has 0 spiro atoms. The predicted octanol–water partition coefficient (Wildman–Crippen LogP) is 4.91. The molecule has 2 aromatic heterocycles. The van der Waals surface area contributed by atoms with Gasteiger partial charge in [-0.25, -0.2) is 9.18 Å². The van der Waals surface area contributed by atoms with Gasteiger partial charge < -0.3 is 15.2 Å². The fourth-order valence-electron chi connectivity index (χ4n) is 3.49. The lowest BCUT2D eigenvalue weighted by atomic mass is 10.0. The van der Waals surface area contributed by atoms with Crippen molar-refractivity contribution in [3.63, 3.8) is 0 Å². The van der Waals surface area contributed by atoms with Gasteiger partial charge in [-0.2, -0.15) is 0 Å². The first kappa shape index (κ1) is 21.2. The molecule has 2 heterocycles. The molecule has 0 saturated heterocycles. The number of nitrogens with zero attached hydrogens (tertiary/aromatic N) is 2. The zero-order chi connectivity index (χ0) is 22.7. The van der Waals surface area contributed by atoms with E-state index >= 15 is 0 Å². The summed E-state index contributed by atoms with van der Waals surface area (Å²) in [5.41, 5.74) is 4.49. The number of urea groups is 1. The van der Waals surface area contributed by atoms with Crippen LogP contribution in [-0.2, 0) is 13.1 Å². The monoisotopic (exact) mass is 430 g/mol. The number of carbonyl (C=O) groups excluding carboxylic acids is 1. The van der Waals surface area contributed by atoms with Gasteiger partial charge in [-0.3, -0.25) is 9.78 Å². The van der Waals surface area contributed by atoms with Gasteiger partial charge in [0.1, 0.15) is 5.82 Å². The standard InChI is InChI=1S/C25H23FN4O2/c1-16-10-19-12-20(24(31)29-23(19)11-17(16)2)15-30(14-18-4-3-9-27-13-18)25(32)28-22-7-5-21(26)6-8-22/h3-13H,14-15H2,1-2H3,(H,28,32)(H,29,31). The third kappa shape index (κ3) is 4.83. The number of hydrogen-bond acceptors (Lipinski definition) is 3. The van der Waals surface area contributed by atoms with E-state index in [-0.39, 0.29) is 24.5 Å². The SMILES string of the molecule is Cc1cc2cc(CN(Cc3cccnc3)C(=O)Nc3ccc(F)cc3)c(=O)[nH]c2cc1C. The fourth-order valence-corrected chi connectivity index (χ4v) is 3.49. The highest BCUT2D eigenvalue weighted by molar-refractivity contribution is 5.89. The number of rotatable bonds is 5. The maximum atomic E-state index is 13.2. The summed E-state index contributed by atoms with van der Waals surface area (Å²) in [6, 6.07) is 14.6. The second-order valence-corrected chi connectivity index (χ2v) is 7.80. The van der Waals surface area contributed by atoms with Crippen molar-refractivity contribution in [2.75, 3.05) is 5.32 Å². The Bertz CT molecular complexity index is 1320. The van der Waals surface area contributed by atoms with Gasteiger partial charge in [0.15, 0.2) is 0 Å². The molecule has 6 nitrogen and oxygen atoms in total. The molecule has 32 heavy (non-hydrogen) atoms. The molecule has 2 N–H and O–H groups in total. The number of halogens is 1. The molecule has 0 unspecified atom stereocenters. The number of pyridine rings is 2. The first-order valence-corrected chi connectivity index (χ1v) is 10.2. The number of carbonyl (C=O) groups is 1. The van der Waals surface area contributed by atoms with Crippen molar-refractivity contribution in [1.29, 1.82) is 0 Å². The number of nitrogens with one attached hydrogen (secondary N) is 2. The van der Waals surface area contributed by atoms with E-state index in [9.17, 15) is 14.0 Å². The van der Waals surface area contributed by atoms with E-state index in [1.165, 1.54) is 29.2 Å². The van der Waals surface area contributed by atoms with Gasteiger partial charge >= 0.3 is 6.03 Å². The molecule has 7 heteroatoms. The van der Waals surface area contributed by atoms with E-state index in [0.29, 0.717) is 11.3 Å². The number of fused-ring (bicyclic) bond motifs is 1. The zero-order valence-electron chi connectivity index (χ0n) is 17.9. The molecule has 2 amide bonds. The molecule has 4 rings (SSSR count). The summed E-state index contributed by atoms with van der Waals surface area (Å²) in [5, 5.41) is 3.68. The quantitative estimate of drug-likeness (QED) is 0.472. The van der Waals surface area contributed by atoms with Crippen molar-refractivity contribution >= 4 is 22.6 Å². The number of anilines is 1. The Balaban J connectivity index is 1.65. The van der Waals surface area contributed by atoms with E-state index in [1.54, 1.807) is 18.5 Å². The predicted molar refractivity (Wildman–Crippen MR) is 123 cm³/mol. The molecular formula is C25H23FN4O2. The number of aryl methyl sites for hydroxylation is 2. The maximum Gasteiger partial charge on any atom is 0.322 e.